The third kappa shape index (κ3) is 3.88. The zero-order valence-electron chi connectivity index (χ0n) is 18.5. The fourth-order valence-electron chi connectivity index (χ4n) is 4.50. The highest BCUT2D eigenvalue weighted by atomic mass is 35.5. The average molecular weight is 459 g/mol. The maximum atomic E-state index is 13.7. The van der Waals surface area contributed by atoms with E-state index in [0.717, 1.165) is 31.2 Å². The Hall–Kier alpha value is -2.87. The summed E-state index contributed by atoms with van der Waals surface area (Å²) in [6, 6.07) is 6.76. The second kappa shape index (κ2) is 8.58. The van der Waals surface area contributed by atoms with Crippen molar-refractivity contribution in [1.82, 2.24) is 15.1 Å². The van der Waals surface area contributed by atoms with Gasteiger partial charge in [-0.05, 0) is 51.3 Å². The molecule has 0 bridgehead atoms. The zero-order chi connectivity index (χ0) is 23.0. The lowest BCUT2D eigenvalue weighted by Crippen LogP contribution is -2.65. The van der Waals surface area contributed by atoms with Crippen LogP contribution in [-0.2, 0) is 16.1 Å². The lowest BCUT2D eigenvalue weighted by Gasteiger charge is -2.44. The van der Waals surface area contributed by atoms with Crippen LogP contribution in [0.5, 0.6) is 0 Å². The second-order valence-electron chi connectivity index (χ2n) is 8.59. The Kier molecular flexibility index (Phi) is 5.99. The molecule has 170 valence electrons. The summed E-state index contributed by atoms with van der Waals surface area (Å²) < 4.78 is 6.47. The molecule has 1 aliphatic carbocycles. The van der Waals surface area contributed by atoms with Crippen molar-refractivity contribution in [3.05, 3.63) is 46.2 Å². The molecule has 0 spiro atoms. The summed E-state index contributed by atoms with van der Waals surface area (Å²) in [7, 11) is 0. The summed E-state index contributed by atoms with van der Waals surface area (Å²) in [6.07, 6.45) is 3.99. The minimum atomic E-state index is -1.26. The summed E-state index contributed by atoms with van der Waals surface area (Å²) in [4.78, 5) is 41.0. The Labute approximate surface area is 191 Å². The molecule has 2 heterocycles. The average Bonchev–Trinajstić information content (AvgIpc) is 3.40. The van der Waals surface area contributed by atoms with Crippen LogP contribution in [0.15, 0.2) is 24.3 Å². The number of amides is 2. The number of aromatic nitrogens is 2. The van der Waals surface area contributed by atoms with Crippen LogP contribution >= 0.6 is 11.6 Å². The van der Waals surface area contributed by atoms with Crippen molar-refractivity contribution in [3.63, 3.8) is 0 Å². The highest BCUT2D eigenvalue weighted by Crippen LogP contribution is 2.36. The Morgan fingerprint density at radius 3 is 2.69 bits per heavy atom. The summed E-state index contributed by atoms with van der Waals surface area (Å²) in [6.45, 7) is 5.59. The number of nitrogens with zero attached hydrogens (tertiary/aromatic N) is 3. The van der Waals surface area contributed by atoms with Gasteiger partial charge in [-0.3, -0.25) is 19.2 Å². The largest absolute Gasteiger partial charge is 0.461 e. The number of aryl methyl sites for hydroxylation is 1. The van der Waals surface area contributed by atoms with Gasteiger partial charge in [0.2, 0.25) is 5.91 Å². The molecule has 0 unspecified atom stereocenters. The van der Waals surface area contributed by atoms with Crippen LogP contribution in [0.3, 0.4) is 0 Å². The molecule has 1 aromatic carbocycles. The molecule has 32 heavy (non-hydrogen) atoms. The molecule has 1 atom stereocenters. The first-order valence-corrected chi connectivity index (χ1v) is 11.3. The molecule has 2 aliphatic rings. The summed E-state index contributed by atoms with van der Waals surface area (Å²) in [5.74, 6) is -1.28. The molecule has 9 heteroatoms. The standard InChI is InChI=1S/C23H27ClN4O4/c1-4-32-21(30)17-12-19-20(29)28(18-11-15(24)10-9-14(18)2)23(3,13-27(19)26-17)22(31)25-16-7-5-6-8-16/h9-12,16H,4-8,13H2,1-3H3,(H,25,31)/t23-/m1/s1. The van der Waals surface area contributed by atoms with Crippen LogP contribution in [0.25, 0.3) is 0 Å². The molecule has 0 radical (unpaired) electrons. The first kappa shape index (κ1) is 22.3. The molecular weight excluding hydrogens is 432 g/mol. The van der Waals surface area contributed by atoms with Crippen molar-refractivity contribution in [1.29, 1.82) is 0 Å². The highest BCUT2D eigenvalue weighted by molar-refractivity contribution is 6.31. The van der Waals surface area contributed by atoms with Crippen LogP contribution in [0.4, 0.5) is 5.69 Å². The number of ether oxygens (including phenoxy) is 1. The number of carbonyl (C=O) groups is 3. The topological polar surface area (TPSA) is 93.5 Å². The smallest absolute Gasteiger partial charge is 0.358 e. The number of rotatable bonds is 5. The molecule has 2 aromatic rings. The Morgan fingerprint density at radius 1 is 1.28 bits per heavy atom. The predicted molar refractivity (Wildman–Crippen MR) is 120 cm³/mol. The van der Waals surface area contributed by atoms with E-state index in [1.165, 1.54) is 15.6 Å². The fraction of sp³-hybridized carbons (Fsp3) is 0.478. The van der Waals surface area contributed by atoms with Gasteiger partial charge in [0, 0.05) is 22.8 Å². The van der Waals surface area contributed by atoms with E-state index >= 15 is 0 Å². The van der Waals surface area contributed by atoms with E-state index in [1.54, 1.807) is 26.0 Å². The molecular formula is C23H27ClN4O4. The van der Waals surface area contributed by atoms with Crippen LogP contribution in [0.2, 0.25) is 5.02 Å². The van der Waals surface area contributed by atoms with Gasteiger partial charge in [0.1, 0.15) is 11.2 Å². The van der Waals surface area contributed by atoms with Gasteiger partial charge in [0.05, 0.1) is 13.2 Å². The SMILES string of the molecule is CCOC(=O)c1cc2n(n1)C[C@](C)(C(=O)NC1CCCC1)N(c1cc(Cl)ccc1C)C2=O. The molecule has 1 aromatic heterocycles. The van der Waals surface area contributed by atoms with E-state index in [4.69, 9.17) is 16.3 Å². The Bertz CT molecular complexity index is 1080. The predicted octanol–water partition coefficient (Wildman–Crippen LogP) is 3.50. The lowest BCUT2D eigenvalue weighted by atomic mass is 9.92. The monoisotopic (exact) mass is 458 g/mol. The van der Waals surface area contributed by atoms with Gasteiger partial charge < -0.3 is 10.1 Å². The fourth-order valence-corrected chi connectivity index (χ4v) is 4.66. The van der Waals surface area contributed by atoms with E-state index in [1.807, 2.05) is 13.0 Å². The normalized spacial score (nSPS) is 20.9. The molecule has 1 aliphatic heterocycles. The molecule has 0 saturated heterocycles. The lowest BCUT2D eigenvalue weighted by molar-refractivity contribution is -0.127. The molecule has 1 fully saturated rings. The molecule has 2 amide bonds. The second-order valence-corrected chi connectivity index (χ2v) is 9.03. The molecule has 4 rings (SSSR count). The summed E-state index contributed by atoms with van der Waals surface area (Å²) in [5.41, 5.74) is 0.356. The molecule has 1 saturated carbocycles. The Morgan fingerprint density at radius 2 is 2.00 bits per heavy atom. The third-order valence-electron chi connectivity index (χ3n) is 6.23. The highest BCUT2D eigenvalue weighted by Gasteiger charge is 2.50. The van der Waals surface area contributed by atoms with E-state index in [-0.39, 0.29) is 36.5 Å². The molecule has 1 N–H and O–H groups in total. The van der Waals surface area contributed by atoms with E-state index in [9.17, 15) is 14.4 Å². The number of nitrogens with one attached hydrogen (secondary N) is 1. The Balaban J connectivity index is 1.80. The number of anilines is 1. The number of hydrogen-bond acceptors (Lipinski definition) is 5. The number of esters is 1. The minimum absolute atomic E-state index is 0.0402. The van der Waals surface area contributed by atoms with Crippen molar-refractivity contribution in [2.45, 2.75) is 64.6 Å². The number of benzene rings is 1. The van der Waals surface area contributed by atoms with Gasteiger partial charge in [-0.15, -0.1) is 0 Å². The quantitative estimate of drug-likeness (QED) is 0.692. The number of carbonyl (C=O) groups excluding carboxylic acids is 3. The van der Waals surface area contributed by atoms with Crippen LogP contribution in [0.1, 0.15) is 66.1 Å². The molecule has 8 nitrogen and oxygen atoms in total. The third-order valence-corrected chi connectivity index (χ3v) is 6.46. The van der Waals surface area contributed by atoms with Crippen molar-refractivity contribution in [2.24, 2.45) is 0 Å². The van der Waals surface area contributed by atoms with Crippen molar-refractivity contribution < 1.29 is 19.1 Å². The van der Waals surface area contributed by atoms with Gasteiger partial charge in [-0.2, -0.15) is 5.10 Å². The maximum Gasteiger partial charge on any atom is 0.358 e. The van der Waals surface area contributed by atoms with E-state index in [0.29, 0.717) is 10.7 Å². The van der Waals surface area contributed by atoms with Gasteiger partial charge >= 0.3 is 5.97 Å². The number of hydrogen-bond donors (Lipinski definition) is 1. The van der Waals surface area contributed by atoms with Crippen LogP contribution in [-0.4, -0.2) is 45.8 Å². The minimum Gasteiger partial charge on any atom is -0.461 e. The number of halogens is 1. The maximum absolute atomic E-state index is 13.7. The van der Waals surface area contributed by atoms with Crippen LogP contribution in [0, 0.1) is 6.92 Å². The number of fused-ring (bicyclic) bond motifs is 1. The first-order chi connectivity index (χ1) is 15.2. The van der Waals surface area contributed by atoms with Gasteiger partial charge in [0.15, 0.2) is 5.69 Å². The summed E-state index contributed by atoms with van der Waals surface area (Å²) >= 11 is 6.26. The first-order valence-electron chi connectivity index (χ1n) is 10.9. The van der Waals surface area contributed by atoms with Gasteiger partial charge in [0.25, 0.3) is 5.91 Å². The van der Waals surface area contributed by atoms with Crippen LogP contribution < -0.4 is 10.2 Å². The van der Waals surface area contributed by atoms with Crippen molar-refractivity contribution in [2.75, 3.05) is 11.5 Å². The van der Waals surface area contributed by atoms with Gasteiger partial charge in [-0.1, -0.05) is 30.5 Å². The van der Waals surface area contributed by atoms with E-state index in [2.05, 4.69) is 10.4 Å². The van der Waals surface area contributed by atoms with Crippen molar-refractivity contribution >= 4 is 35.1 Å². The summed E-state index contributed by atoms with van der Waals surface area (Å²) in [5, 5.41) is 7.87. The van der Waals surface area contributed by atoms with Gasteiger partial charge in [-0.25, -0.2) is 4.79 Å². The zero-order valence-corrected chi connectivity index (χ0v) is 19.2. The van der Waals surface area contributed by atoms with Crippen molar-refractivity contribution in [3.8, 4) is 0 Å². The van der Waals surface area contributed by atoms with E-state index < -0.39 is 17.4 Å².